The molecule has 0 saturated carbocycles. The maximum Gasteiger partial charge on any atom is 0.246 e. The monoisotopic (exact) mass is 250 g/mol. The van der Waals surface area contributed by atoms with Gasteiger partial charge >= 0.3 is 0 Å². The number of nitrogens with zero attached hydrogens (tertiary/aromatic N) is 3. The summed E-state index contributed by atoms with van der Waals surface area (Å²) in [6, 6.07) is 0. The van der Waals surface area contributed by atoms with Gasteiger partial charge in [-0.1, -0.05) is 18.2 Å². The van der Waals surface area contributed by atoms with Crippen molar-refractivity contribution in [1.82, 2.24) is 20.4 Å². The molecule has 0 atom stereocenters. The van der Waals surface area contributed by atoms with Crippen LogP contribution in [0.1, 0.15) is 31.0 Å². The quantitative estimate of drug-likeness (QED) is 0.785. The number of hydrogen-bond donors (Lipinski definition) is 1. The van der Waals surface area contributed by atoms with Crippen molar-refractivity contribution >= 4 is 5.91 Å². The highest BCUT2D eigenvalue weighted by atomic mass is 16.5. The van der Waals surface area contributed by atoms with Gasteiger partial charge in [-0.15, -0.1) is 0 Å². The molecular formula is C12H18N4O2. The lowest BCUT2D eigenvalue weighted by Gasteiger charge is -2.24. The molecule has 0 bridgehead atoms. The van der Waals surface area contributed by atoms with E-state index in [4.69, 9.17) is 4.52 Å². The highest BCUT2D eigenvalue weighted by Gasteiger charge is 2.14. The van der Waals surface area contributed by atoms with Crippen molar-refractivity contribution in [2.24, 2.45) is 0 Å². The van der Waals surface area contributed by atoms with Gasteiger partial charge in [-0.2, -0.15) is 4.98 Å². The summed E-state index contributed by atoms with van der Waals surface area (Å²) >= 11 is 0. The summed E-state index contributed by atoms with van der Waals surface area (Å²) in [5, 5.41) is 6.51. The molecule has 2 rings (SSSR count). The molecule has 1 amide bonds. The van der Waals surface area contributed by atoms with E-state index in [9.17, 15) is 4.79 Å². The maximum atomic E-state index is 11.0. The first-order valence-electron chi connectivity index (χ1n) is 6.22. The van der Waals surface area contributed by atoms with E-state index in [0.717, 1.165) is 19.6 Å². The number of carbonyl (C=O) groups excluding carboxylic acids is 1. The topological polar surface area (TPSA) is 71.3 Å². The van der Waals surface area contributed by atoms with Gasteiger partial charge in [0.25, 0.3) is 0 Å². The van der Waals surface area contributed by atoms with Crippen LogP contribution in [0.4, 0.5) is 0 Å². The van der Waals surface area contributed by atoms with Gasteiger partial charge in [0, 0.05) is 0 Å². The molecule has 1 fully saturated rings. The Morgan fingerprint density at radius 3 is 2.94 bits per heavy atom. The molecule has 98 valence electrons. The Morgan fingerprint density at radius 1 is 1.44 bits per heavy atom. The van der Waals surface area contributed by atoms with Crippen molar-refractivity contribution in [2.75, 3.05) is 13.1 Å². The van der Waals surface area contributed by atoms with Crippen LogP contribution >= 0.6 is 0 Å². The van der Waals surface area contributed by atoms with Crippen molar-refractivity contribution in [3.8, 4) is 0 Å². The number of piperidine rings is 1. The van der Waals surface area contributed by atoms with Gasteiger partial charge in [-0.25, -0.2) is 0 Å². The van der Waals surface area contributed by atoms with Crippen LogP contribution in [0.3, 0.4) is 0 Å². The smallest absolute Gasteiger partial charge is 0.246 e. The predicted molar refractivity (Wildman–Crippen MR) is 65.5 cm³/mol. The largest absolute Gasteiger partial charge is 0.343 e. The average Bonchev–Trinajstić information content (AvgIpc) is 2.85. The van der Waals surface area contributed by atoms with Crippen LogP contribution in [0.25, 0.3) is 0 Å². The average molecular weight is 250 g/mol. The molecule has 1 aliphatic heterocycles. The molecule has 0 radical (unpaired) electrons. The summed E-state index contributed by atoms with van der Waals surface area (Å²) in [6.07, 6.45) is 4.99. The summed E-state index contributed by atoms with van der Waals surface area (Å²) in [5.74, 6) is 0.864. The lowest BCUT2D eigenvalue weighted by atomic mass is 10.1. The molecule has 1 N–H and O–H groups in total. The Kier molecular flexibility index (Phi) is 4.46. The van der Waals surface area contributed by atoms with E-state index in [0.29, 0.717) is 11.7 Å². The number of carbonyl (C=O) groups is 1. The van der Waals surface area contributed by atoms with Crippen LogP contribution in [0.2, 0.25) is 0 Å². The predicted octanol–water partition coefficient (Wildman–Crippen LogP) is 0.858. The molecule has 0 aromatic carbocycles. The molecule has 1 aliphatic rings. The number of likely N-dealkylation sites (tertiary alicyclic amines) is 1. The summed E-state index contributed by atoms with van der Waals surface area (Å²) in [4.78, 5) is 17.5. The fourth-order valence-corrected chi connectivity index (χ4v) is 1.98. The highest BCUT2D eigenvalue weighted by molar-refractivity contribution is 5.86. The summed E-state index contributed by atoms with van der Waals surface area (Å²) in [5.41, 5.74) is 0. The minimum absolute atomic E-state index is 0.245. The Balaban J connectivity index is 1.81. The Morgan fingerprint density at radius 2 is 2.22 bits per heavy atom. The molecule has 0 spiro atoms. The van der Waals surface area contributed by atoms with Gasteiger partial charge in [-0.05, 0) is 32.0 Å². The molecule has 1 aromatic rings. The van der Waals surface area contributed by atoms with Gasteiger partial charge in [0.15, 0.2) is 5.82 Å². The lowest BCUT2D eigenvalue weighted by Crippen LogP contribution is -2.29. The van der Waals surface area contributed by atoms with Crippen LogP contribution in [-0.2, 0) is 17.9 Å². The number of nitrogens with one attached hydrogen (secondary N) is 1. The molecule has 6 nitrogen and oxygen atoms in total. The van der Waals surface area contributed by atoms with Crippen LogP contribution in [0.5, 0.6) is 0 Å². The maximum absolute atomic E-state index is 11.0. The second-order valence-corrected chi connectivity index (χ2v) is 4.36. The van der Waals surface area contributed by atoms with Crippen molar-refractivity contribution in [3.63, 3.8) is 0 Å². The zero-order chi connectivity index (χ0) is 12.8. The molecule has 0 aliphatic carbocycles. The second kappa shape index (κ2) is 6.30. The molecular weight excluding hydrogens is 232 g/mol. The summed E-state index contributed by atoms with van der Waals surface area (Å²) < 4.78 is 5.06. The molecule has 0 unspecified atom stereocenters. The SMILES string of the molecule is C=CC(=O)NCc1nc(CN2CCCCC2)no1. The van der Waals surface area contributed by atoms with Crippen molar-refractivity contribution in [3.05, 3.63) is 24.4 Å². The van der Waals surface area contributed by atoms with Crippen molar-refractivity contribution in [2.45, 2.75) is 32.4 Å². The third-order valence-electron chi connectivity index (χ3n) is 2.92. The van der Waals surface area contributed by atoms with Crippen molar-refractivity contribution < 1.29 is 9.32 Å². The third kappa shape index (κ3) is 3.66. The van der Waals surface area contributed by atoms with E-state index in [1.165, 1.54) is 25.3 Å². The van der Waals surface area contributed by atoms with Gasteiger partial charge < -0.3 is 9.84 Å². The first-order valence-corrected chi connectivity index (χ1v) is 6.22. The summed E-state index contributed by atoms with van der Waals surface area (Å²) in [6.45, 7) is 6.53. The Bertz CT molecular complexity index is 410. The first-order chi connectivity index (χ1) is 8.78. The van der Waals surface area contributed by atoms with E-state index in [1.54, 1.807) is 0 Å². The zero-order valence-corrected chi connectivity index (χ0v) is 10.4. The van der Waals surface area contributed by atoms with E-state index in [1.807, 2.05) is 0 Å². The fourth-order valence-electron chi connectivity index (χ4n) is 1.98. The van der Waals surface area contributed by atoms with E-state index < -0.39 is 0 Å². The lowest BCUT2D eigenvalue weighted by molar-refractivity contribution is -0.116. The minimum Gasteiger partial charge on any atom is -0.343 e. The zero-order valence-electron chi connectivity index (χ0n) is 10.4. The normalized spacial score (nSPS) is 16.4. The third-order valence-corrected chi connectivity index (χ3v) is 2.92. The summed E-state index contributed by atoms with van der Waals surface area (Å²) in [7, 11) is 0. The molecule has 6 heteroatoms. The van der Waals surface area contributed by atoms with Gasteiger partial charge in [0.1, 0.15) is 0 Å². The van der Waals surface area contributed by atoms with Crippen LogP contribution in [-0.4, -0.2) is 34.0 Å². The van der Waals surface area contributed by atoms with E-state index in [2.05, 4.69) is 26.9 Å². The number of amides is 1. The Labute approximate surface area is 106 Å². The molecule has 1 saturated heterocycles. The molecule has 1 aromatic heterocycles. The van der Waals surface area contributed by atoms with Crippen LogP contribution < -0.4 is 5.32 Å². The fraction of sp³-hybridized carbons (Fsp3) is 0.583. The molecule has 2 heterocycles. The minimum atomic E-state index is -0.245. The van der Waals surface area contributed by atoms with Crippen LogP contribution in [0.15, 0.2) is 17.2 Å². The van der Waals surface area contributed by atoms with Crippen molar-refractivity contribution in [1.29, 1.82) is 0 Å². The van der Waals surface area contributed by atoms with E-state index >= 15 is 0 Å². The van der Waals surface area contributed by atoms with E-state index in [-0.39, 0.29) is 12.5 Å². The molecule has 18 heavy (non-hydrogen) atoms. The second-order valence-electron chi connectivity index (χ2n) is 4.36. The number of hydrogen-bond acceptors (Lipinski definition) is 5. The van der Waals surface area contributed by atoms with Gasteiger partial charge in [0.2, 0.25) is 11.8 Å². The Hall–Kier alpha value is -1.69. The highest BCUT2D eigenvalue weighted by Crippen LogP contribution is 2.11. The standard InChI is InChI=1S/C12H18N4O2/c1-2-11(17)13-8-12-14-10(15-18-12)9-16-6-4-3-5-7-16/h2H,1,3-9H2,(H,13,17). The van der Waals surface area contributed by atoms with Gasteiger partial charge in [-0.3, -0.25) is 9.69 Å². The van der Waals surface area contributed by atoms with Crippen LogP contribution in [0, 0.1) is 0 Å². The first kappa shape index (κ1) is 12.8. The van der Waals surface area contributed by atoms with Gasteiger partial charge in [0.05, 0.1) is 13.1 Å². The number of rotatable bonds is 5. The number of aromatic nitrogens is 2.